The Balaban J connectivity index is 1.88. The summed E-state index contributed by atoms with van der Waals surface area (Å²) >= 11 is 5.93. The first-order valence-electron chi connectivity index (χ1n) is 5.71. The lowest BCUT2D eigenvalue weighted by Gasteiger charge is -1.97. The van der Waals surface area contributed by atoms with Crippen LogP contribution in [0.4, 0.5) is 0 Å². The summed E-state index contributed by atoms with van der Waals surface area (Å²) in [7, 11) is 0. The molecule has 2 N–H and O–H groups in total. The van der Waals surface area contributed by atoms with E-state index >= 15 is 0 Å². The predicted octanol–water partition coefficient (Wildman–Crippen LogP) is 1.33. The number of hydrogen-bond donors (Lipinski definition) is 2. The molecule has 2 heterocycles. The van der Waals surface area contributed by atoms with Gasteiger partial charge in [0.25, 0.3) is 5.78 Å². The fourth-order valence-electron chi connectivity index (χ4n) is 1.93. The molecule has 0 aliphatic rings. The fraction of sp³-hybridized carbons (Fsp3) is 0.0833. The lowest BCUT2D eigenvalue weighted by atomic mass is 10.1. The molecule has 0 unspecified atom stereocenters. The van der Waals surface area contributed by atoms with Gasteiger partial charge in [-0.1, -0.05) is 11.6 Å². The summed E-state index contributed by atoms with van der Waals surface area (Å²) < 4.78 is 0. The van der Waals surface area contributed by atoms with Crippen molar-refractivity contribution in [2.24, 2.45) is 0 Å². The molecule has 0 bridgehead atoms. The van der Waals surface area contributed by atoms with Crippen LogP contribution < -0.4 is 0 Å². The molecule has 8 heteroatoms. The number of aromatic nitrogens is 5. The van der Waals surface area contributed by atoms with Crippen LogP contribution in [0, 0.1) is 0 Å². The summed E-state index contributed by atoms with van der Waals surface area (Å²) in [4.78, 5) is 26.7. The van der Waals surface area contributed by atoms with Gasteiger partial charge in [-0.25, -0.2) is 0 Å². The van der Waals surface area contributed by atoms with Crippen molar-refractivity contribution in [3.8, 4) is 0 Å². The molecule has 0 saturated heterocycles. The van der Waals surface area contributed by atoms with Gasteiger partial charge in [0.1, 0.15) is 0 Å². The molecule has 2 aromatic heterocycles. The van der Waals surface area contributed by atoms with E-state index < -0.39 is 11.6 Å². The zero-order valence-electron chi connectivity index (χ0n) is 10.1. The van der Waals surface area contributed by atoms with Gasteiger partial charge in [-0.3, -0.25) is 9.59 Å². The summed E-state index contributed by atoms with van der Waals surface area (Å²) in [6.45, 7) is 0. The number of carbonyl (C=O) groups excluding carboxylic acids is 2. The molecule has 0 fully saturated rings. The zero-order valence-corrected chi connectivity index (χ0v) is 10.8. The molecule has 3 aromatic rings. The van der Waals surface area contributed by atoms with Crippen LogP contribution in [0.15, 0.2) is 24.4 Å². The lowest BCUT2D eigenvalue weighted by Crippen LogP contribution is -2.18. The van der Waals surface area contributed by atoms with Gasteiger partial charge in [-0.15, -0.1) is 10.2 Å². The molecule has 0 atom stereocenters. The Morgan fingerprint density at radius 2 is 2.15 bits per heavy atom. The summed E-state index contributed by atoms with van der Waals surface area (Å²) in [6, 6.07) is 5.30. The molecule has 100 valence electrons. The number of tetrazole rings is 1. The number of aromatic amines is 2. The van der Waals surface area contributed by atoms with Crippen molar-refractivity contribution in [3.05, 3.63) is 40.8 Å². The third-order valence-electron chi connectivity index (χ3n) is 2.88. The molecule has 1 aromatic carbocycles. The highest BCUT2D eigenvalue weighted by atomic mass is 35.5. The van der Waals surface area contributed by atoms with Crippen molar-refractivity contribution in [2.75, 3.05) is 0 Å². The predicted molar refractivity (Wildman–Crippen MR) is 70.5 cm³/mol. The van der Waals surface area contributed by atoms with Gasteiger partial charge in [0.05, 0.1) is 0 Å². The standard InChI is InChI=1S/C12H8ClN5O2/c13-7-1-2-9-8(4-7)6(5-14-9)3-10(19)11(20)12-15-17-18-16-12/h1-2,4-5,14H,3H2,(H,15,16,17,18). The Labute approximate surface area is 117 Å². The number of carbonyl (C=O) groups is 2. The monoisotopic (exact) mass is 289 g/mol. The van der Waals surface area contributed by atoms with Gasteiger partial charge in [0.15, 0.2) is 0 Å². The number of benzene rings is 1. The van der Waals surface area contributed by atoms with Crippen LogP contribution in [0.5, 0.6) is 0 Å². The van der Waals surface area contributed by atoms with Gasteiger partial charge in [-0.2, -0.15) is 5.21 Å². The van der Waals surface area contributed by atoms with Crippen molar-refractivity contribution in [2.45, 2.75) is 6.42 Å². The number of hydrogen-bond acceptors (Lipinski definition) is 5. The van der Waals surface area contributed by atoms with Crippen molar-refractivity contribution in [1.29, 1.82) is 0 Å². The van der Waals surface area contributed by atoms with E-state index in [0.29, 0.717) is 10.6 Å². The van der Waals surface area contributed by atoms with Gasteiger partial charge < -0.3 is 4.98 Å². The Hall–Kier alpha value is -2.54. The Morgan fingerprint density at radius 3 is 2.90 bits per heavy atom. The lowest BCUT2D eigenvalue weighted by molar-refractivity contribution is -0.114. The van der Waals surface area contributed by atoms with Crippen molar-refractivity contribution < 1.29 is 9.59 Å². The summed E-state index contributed by atoms with van der Waals surface area (Å²) in [5, 5.41) is 13.8. The zero-order chi connectivity index (χ0) is 14.1. The highest BCUT2D eigenvalue weighted by molar-refractivity contribution is 6.43. The number of H-pyrrole nitrogens is 2. The van der Waals surface area contributed by atoms with E-state index in [4.69, 9.17) is 11.6 Å². The molecule has 20 heavy (non-hydrogen) atoms. The van der Waals surface area contributed by atoms with E-state index in [1.165, 1.54) is 0 Å². The smallest absolute Gasteiger partial charge is 0.269 e. The van der Waals surface area contributed by atoms with Gasteiger partial charge in [0.2, 0.25) is 11.6 Å². The number of ketones is 2. The third kappa shape index (κ3) is 2.19. The summed E-state index contributed by atoms with van der Waals surface area (Å²) in [5.41, 5.74) is 1.55. The second-order valence-electron chi connectivity index (χ2n) is 4.17. The topological polar surface area (TPSA) is 104 Å². The highest BCUT2D eigenvalue weighted by Gasteiger charge is 2.21. The Kier molecular flexibility index (Phi) is 3.03. The van der Waals surface area contributed by atoms with E-state index in [9.17, 15) is 9.59 Å². The normalized spacial score (nSPS) is 10.8. The van der Waals surface area contributed by atoms with Gasteiger partial charge in [0, 0.05) is 28.5 Å². The number of halogens is 1. The maximum Gasteiger partial charge on any atom is 0.269 e. The van der Waals surface area contributed by atoms with Crippen LogP contribution >= 0.6 is 11.6 Å². The van der Waals surface area contributed by atoms with E-state index in [-0.39, 0.29) is 12.2 Å². The molecule has 0 spiro atoms. The first-order chi connectivity index (χ1) is 9.65. The molecular formula is C12H8ClN5O2. The number of nitrogens with zero attached hydrogens (tertiary/aromatic N) is 3. The maximum absolute atomic E-state index is 11.9. The first-order valence-corrected chi connectivity index (χ1v) is 6.09. The second-order valence-corrected chi connectivity index (χ2v) is 4.60. The largest absolute Gasteiger partial charge is 0.361 e. The maximum atomic E-state index is 11.9. The van der Waals surface area contributed by atoms with Crippen LogP contribution in [0.1, 0.15) is 16.2 Å². The molecular weight excluding hydrogens is 282 g/mol. The van der Waals surface area contributed by atoms with E-state index in [1.54, 1.807) is 18.3 Å². The van der Waals surface area contributed by atoms with Gasteiger partial charge in [-0.05, 0) is 29.0 Å². The minimum atomic E-state index is -0.768. The molecule has 0 amide bonds. The Bertz CT molecular complexity index is 793. The van der Waals surface area contributed by atoms with Crippen LogP contribution in [0.2, 0.25) is 5.02 Å². The van der Waals surface area contributed by atoms with Crippen molar-refractivity contribution in [3.63, 3.8) is 0 Å². The average Bonchev–Trinajstić information content (AvgIpc) is 3.08. The van der Waals surface area contributed by atoms with Gasteiger partial charge >= 0.3 is 0 Å². The molecule has 0 radical (unpaired) electrons. The molecule has 0 aliphatic carbocycles. The Morgan fingerprint density at radius 1 is 1.30 bits per heavy atom. The highest BCUT2D eigenvalue weighted by Crippen LogP contribution is 2.23. The minimum Gasteiger partial charge on any atom is -0.361 e. The quantitative estimate of drug-likeness (QED) is 0.557. The molecule has 7 nitrogen and oxygen atoms in total. The second kappa shape index (κ2) is 4.86. The minimum absolute atomic E-state index is 0.0479. The molecule has 3 rings (SSSR count). The van der Waals surface area contributed by atoms with Crippen molar-refractivity contribution in [1.82, 2.24) is 25.6 Å². The van der Waals surface area contributed by atoms with E-state index in [1.807, 2.05) is 6.07 Å². The number of rotatable bonds is 4. The number of nitrogens with one attached hydrogen (secondary N) is 2. The van der Waals surface area contributed by atoms with Crippen LogP contribution in [0.25, 0.3) is 10.9 Å². The number of fused-ring (bicyclic) bond motifs is 1. The third-order valence-corrected chi connectivity index (χ3v) is 3.12. The van der Waals surface area contributed by atoms with Crippen LogP contribution in [-0.4, -0.2) is 37.2 Å². The van der Waals surface area contributed by atoms with Crippen LogP contribution in [-0.2, 0) is 11.2 Å². The summed E-state index contributed by atoms with van der Waals surface area (Å²) in [6.07, 6.45) is 1.64. The van der Waals surface area contributed by atoms with E-state index in [2.05, 4.69) is 25.6 Å². The summed E-state index contributed by atoms with van der Waals surface area (Å²) in [5.74, 6) is -1.60. The van der Waals surface area contributed by atoms with Crippen LogP contribution in [0.3, 0.4) is 0 Å². The van der Waals surface area contributed by atoms with E-state index in [0.717, 1.165) is 10.9 Å². The molecule has 0 aliphatic heterocycles. The molecule has 0 saturated carbocycles. The number of Topliss-reactive ketones (excluding diaryl/α,β-unsaturated/α-hetero) is 2. The fourth-order valence-corrected chi connectivity index (χ4v) is 2.10. The SMILES string of the molecule is O=C(Cc1c[nH]c2ccc(Cl)cc12)C(=O)c1nn[nH]n1. The average molecular weight is 290 g/mol. The van der Waals surface area contributed by atoms with Crippen molar-refractivity contribution >= 4 is 34.1 Å². The first kappa shape index (κ1) is 12.5.